The third-order valence-electron chi connectivity index (χ3n) is 2.87. The Morgan fingerprint density at radius 3 is 2.50 bits per heavy atom. The summed E-state index contributed by atoms with van der Waals surface area (Å²) in [5.41, 5.74) is 0. The summed E-state index contributed by atoms with van der Waals surface area (Å²) in [5, 5.41) is 0. The molecule has 0 aliphatic heterocycles. The van der Waals surface area contributed by atoms with Crippen LogP contribution in [0.1, 0.15) is 13.3 Å². The molecule has 0 radical (unpaired) electrons. The summed E-state index contributed by atoms with van der Waals surface area (Å²) in [6, 6.07) is 0. The first-order valence-electron chi connectivity index (χ1n) is 3.47. The number of rotatable bonds is 1. The predicted octanol–water partition coefficient (Wildman–Crippen LogP) is 2.07. The van der Waals surface area contributed by atoms with Gasteiger partial charge in [0.1, 0.15) is 0 Å². The van der Waals surface area contributed by atoms with Gasteiger partial charge in [-0.15, -0.1) is 6.58 Å². The molecular formula is C8H12. The van der Waals surface area contributed by atoms with E-state index in [9.17, 15) is 0 Å². The molecule has 0 N–H and O–H groups in total. The smallest absolute Gasteiger partial charge is 0.0171 e. The molecule has 0 nitrogen and oxygen atoms in total. The van der Waals surface area contributed by atoms with Gasteiger partial charge in [-0.25, -0.2) is 0 Å². The average molecular weight is 108 g/mol. The van der Waals surface area contributed by atoms with Gasteiger partial charge in [0.05, 0.1) is 0 Å². The minimum Gasteiger partial charge on any atom is -0.103 e. The van der Waals surface area contributed by atoms with Crippen molar-refractivity contribution in [2.24, 2.45) is 23.7 Å². The second-order valence-corrected chi connectivity index (χ2v) is 3.27. The Bertz CT molecular complexity index is 126. The molecule has 0 bridgehead atoms. The summed E-state index contributed by atoms with van der Waals surface area (Å²) < 4.78 is 0. The lowest BCUT2D eigenvalue weighted by atomic mass is 9.88. The highest BCUT2D eigenvalue weighted by molar-refractivity contribution is 5.14. The minimum atomic E-state index is 0.921. The maximum absolute atomic E-state index is 3.80. The largest absolute Gasteiger partial charge is 0.103 e. The first kappa shape index (κ1) is 4.60. The molecule has 0 spiro atoms. The van der Waals surface area contributed by atoms with Gasteiger partial charge >= 0.3 is 0 Å². The first-order chi connectivity index (χ1) is 3.84. The molecule has 0 aromatic rings. The van der Waals surface area contributed by atoms with Gasteiger partial charge < -0.3 is 0 Å². The molecule has 0 heterocycles. The quantitative estimate of drug-likeness (QED) is 0.451. The zero-order chi connectivity index (χ0) is 5.72. The molecule has 0 aromatic carbocycles. The molecule has 0 saturated heterocycles. The molecule has 2 aliphatic carbocycles. The van der Waals surface area contributed by atoms with Gasteiger partial charge in [-0.05, 0) is 30.1 Å². The van der Waals surface area contributed by atoms with E-state index in [-0.39, 0.29) is 0 Å². The van der Waals surface area contributed by atoms with E-state index in [2.05, 4.69) is 19.6 Å². The van der Waals surface area contributed by atoms with Crippen molar-refractivity contribution in [3.63, 3.8) is 0 Å². The van der Waals surface area contributed by atoms with Gasteiger partial charge in [-0.3, -0.25) is 0 Å². The Balaban J connectivity index is 2.03. The van der Waals surface area contributed by atoms with Gasteiger partial charge in [0.25, 0.3) is 0 Å². The fourth-order valence-corrected chi connectivity index (χ4v) is 2.27. The van der Waals surface area contributed by atoms with E-state index in [4.69, 9.17) is 0 Å². The van der Waals surface area contributed by atoms with Crippen LogP contribution in [-0.2, 0) is 0 Å². The van der Waals surface area contributed by atoms with Crippen molar-refractivity contribution in [3.8, 4) is 0 Å². The van der Waals surface area contributed by atoms with Crippen LogP contribution >= 0.6 is 0 Å². The number of hydrogen-bond donors (Lipinski definition) is 0. The van der Waals surface area contributed by atoms with Gasteiger partial charge in [0.2, 0.25) is 0 Å². The van der Waals surface area contributed by atoms with Crippen LogP contribution in [0.3, 0.4) is 0 Å². The van der Waals surface area contributed by atoms with Crippen LogP contribution in [0.4, 0.5) is 0 Å². The molecule has 8 heavy (non-hydrogen) atoms. The fraction of sp³-hybridized carbons (Fsp3) is 0.750. The Morgan fingerprint density at radius 1 is 1.62 bits per heavy atom. The van der Waals surface area contributed by atoms with E-state index in [1.807, 2.05) is 0 Å². The van der Waals surface area contributed by atoms with Crippen LogP contribution in [0.25, 0.3) is 0 Å². The Kier molecular flexibility index (Phi) is 0.677. The molecule has 0 aromatic heterocycles. The van der Waals surface area contributed by atoms with Crippen LogP contribution in [0.15, 0.2) is 12.7 Å². The van der Waals surface area contributed by atoms with Crippen LogP contribution in [-0.4, -0.2) is 0 Å². The summed E-state index contributed by atoms with van der Waals surface area (Å²) >= 11 is 0. The number of hydrogen-bond acceptors (Lipinski definition) is 0. The maximum atomic E-state index is 3.80. The molecule has 2 saturated carbocycles. The van der Waals surface area contributed by atoms with Gasteiger partial charge in [0.15, 0.2) is 0 Å². The minimum absolute atomic E-state index is 0.921. The van der Waals surface area contributed by atoms with Crippen molar-refractivity contribution in [2.75, 3.05) is 0 Å². The molecule has 0 heteroatoms. The van der Waals surface area contributed by atoms with E-state index >= 15 is 0 Å². The Labute approximate surface area is 50.6 Å². The lowest BCUT2D eigenvalue weighted by Gasteiger charge is -2.17. The van der Waals surface area contributed by atoms with Crippen molar-refractivity contribution in [3.05, 3.63) is 12.7 Å². The van der Waals surface area contributed by atoms with Crippen molar-refractivity contribution in [2.45, 2.75) is 13.3 Å². The third-order valence-corrected chi connectivity index (χ3v) is 2.87. The lowest BCUT2D eigenvalue weighted by Crippen LogP contribution is -2.10. The lowest BCUT2D eigenvalue weighted by molar-refractivity contribution is 0.317. The van der Waals surface area contributed by atoms with Crippen molar-refractivity contribution in [1.29, 1.82) is 0 Å². The molecule has 2 aliphatic rings. The highest BCUT2D eigenvalue weighted by atomic mass is 14.6. The van der Waals surface area contributed by atoms with Gasteiger partial charge in [0, 0.05) is 0 Å². The van der Waals surface area contributed by atoms with Crippen molar-refractivity contribution < 1.29 is 0 Å². The molecule has 2 rings (SSSR count). The molecule has 44 valence electrons. The monoisotopic (exact) mass is 108 g/mol. The first-order valence-corrected chi connectivity index (χ1v) is 3.47. The van der Waals surface area contributed by atoms with Crippen LogP contribution in [0.2, 0.25) is 0 Å². The second-order valence-electron chi connectivity index (χ2n) is 3.27. The summed E-state index contributed by atoms with van der Waals surface area (Å²) in [7, 11) is 0. The maximum Gasteiger partial charge on any atom is -0.0171 e. The summed E-state index contributed by atoms with van der Waals surface area (Å²) in [5.74, 6) is 4.07. The van der Waals surface area contributed by atoms with Crippen LogP contribution < -0.4 is 0 Å². The molecular weight excluding hydrogens is 96.1 g/mol. The third kappa shape index (κ3) is 0.331. The summed E-state index contributed by atoms with van der Waals surface area (Å²) in [6.07, 6.45) is 3.61. The van der Waals surface area contributed by atoms with Crippen molar-refractivity contribution in [1.82, 2.24) is 0 Å². The Morgan fingerprint density at radius 2 is 2.38 bits per heavy atom. The van der Waals surface area contributed by atoms with E-state index < -0.39 is 0 Å². The van der Waals surface area contributed by atoms with Crippen LogP contribution in [0.5, 0.6) is 0 Å². The zero-order valence-electron chi connectivity index (χ0n) is 5.30. The topological polar surface area (TPSA) is 0 Å². The standard InChI is InChI=1S/C8H12/c1-3-6-7-4-5(2)8(6)7/h3,5-8H,1,4H2,2H3. The average Bonchev–Trinajstić information content (AvgIpc) is 2.34. The molecule has 4 unspecified atom stereocenters. The highest BCUT2D eigenvalue weighted by Gasteiger charge is 2.59. The number of fused-ring (bicyclic) bond motifs is 1. The summed E-state index contributed by atoms with van der Waals surface area (Å²) in [6.45, 7) is 6.15. The van der Waals surface area contributed by atoms with Gasteiger partial charge in [-0.1, -0.05) is 13.0 Å². The SMILES string of the molecule is C=CC1C2CC(C)C12. The Hall–Kier alpha value is -0.260. The highest BCUT2D eigenvalue weighted by Crippen LogP contribution is 2.64. The number of allylic oxidation sites excluding steroid dienone is 1. The molecule has 4 atom stereocenters. The zero-order valence-corrected chi connectivity index (χ0v) is 5.30. The molecule has 2 fully saturated rings. The fourth-order valence-electron chi connectivity index (χ4n) is 2.27. The van der Waals surface area contributed by atoms with E-state index in [0.29, 0.717) is 0 Å². The van der Waals surface area contributed by atoms with Crippen molar-refractivity contribution >= 4 is 0 Å². The van der Waals surface area contributed by atoms with E-state index in [0.717, 1.165) is 23.7 Å². The normalized spacial score (nSPS) is 58.6. The van der Waals surface area contributed by atoms with Crippen LogP contribution in [0, 0.1) is 23.7 Å². The van der Waals surface area contributed by atoms with E-state index in [1.165, 1.54) is 6.42 Å². The molecule has 0 amide bonds. The second kappa shape index (κ2) is 1.18. The predicted molar refractivity (Wildman–Crippen MR) is 34.4 cm³/mol. The van der Waals surface area contributed by atoms with Gasteiger partial charge in [-0.2, -0.15) is 0 Å². The summed E-state index contributed by atoms with van der Waals surface area (Å²) in [4.78, 5) is 0. The van der Waals surface area contributed by atoms with E-state index in [1.54, 1.807) is 0 Å².